The number of aromatic nitrogens is 1. The van der Waals surface area contributed by atoms with Gasteiger partial charge in [-0.3, -0.25) is 19.6 Å². The Morgan fingerprint density at radius 2 is 1.98 bits per heavy atom. The first-order valence-electron chi connectivity index (χ1n) is 14.8. The number of methoxy groups -OCH3 is 1. The van der Waals surface area contributed by atoms with Gasteiger partial charge in [-0.25, -0.2) is 19.0 Å². The number of anilines is 1. The summed E-state index contributed by atoms with van der Waals surface area (Å²) in [6, 6.07) is 10.1. The van der Waals surface area contributed by atoms with Crippen molar-refractivity contribution < 1.29 is 23.5 Å². The number of thiazole rings is 1. The van der Waals surface area contributed by atoms with Crippen molar-refractivity contribution in [1.29, 1.82) is 0 Å². The average Bonchev–Trinajstić information content (AvgIpc) is 3.69. The van der Waals surface area contributed by atoms with Gasteiger partial charge in [-0.2, -0.15) is 0 Å². The van der Waals surface area contributed by atoms with Crippen LogP contribution in [0.2, 0.25) is 5.02 Å². The molecule has 14 heteroatoms. The van der Waals surface area contributed by atoms with Gasteiger partial charge >= 0.3 is 12.0 Å². The van der Waals surface area contributed by atoms with Crippen LogP contribution in [-0.4, -0.2) is 84.3 Å². The van der Waals surface area contributed by atoms with E-state index in [0.29, 0.717) is 54.8 Å². The summed E-state index contributed by atoms with van der Waals surface area (Å²) in [4.78, 5) is 53.2. The Balaban J connectivity index is 1.24. The number of halogens is 2. The minimum Gasteiger partial charge on any atom is -0.466 e. The molecule has 3 aromatic rings. The number of aliphatic imine (C=N–C) groups is 1. The largest absolute Gasteiger partial charge is 0.466 e. The molecule has 0 bridgehead atoms. The zero-order valence-electron chi connectivity index (χ0n) is 25.3. The summed E-state index contributed by atoms with van der Waals surface area (Å²) in [5.74, 6) is -0.592. The van der Waals surface area contributed by atoms with Crippen LogP contribution in [0, 0.1) is 5.82 Å². The highest BCUT2D eigenvalue weighted by Gasteiger charge is 2.42. The van der Waals surface area contributed by atoms with E-state index in [4.69, 9.17) is 27.1 Å². The fourth-order valence-corrected chi connectivity index (χ4v) is 7.01. The summed E-state index contributed by atoms with van der Waals surface area (Å²) < 4.78 is 19.2. The standard InChI is InChI=1S/C32H33ClFN7O4S/c1-18(42)13-25(35)19-3-6-21(7-4-19)41-16-22-15-39(10-11-40(22)32(41)44)17-26-27(31(43)45-2)28(23-8-5-20(34)14-24(23)33)38-29(37-26)30-36-9-12-46-30/h3-9,12,14,22,25,28H,10-11,13,15-17,35H2,1-2H3,(H,37,38)/t22-,25?,28-/m0/s1. The quantitative estimate of drug-likeness (QED) is 0.327. The number of carbonyl (C=O) groups excluding carboxylic acids is 3. The number of nitrogens with one attached hydrogen (secondary N) is 1. The SMILES string of the molecule is COC(=O)C1=C(CN2CCN3C(=O)N(c4ccc(C(N)CC(C)=O)cc4)C[C@@H]3C2)NC(c2nccs2)=N[C@H]1c1ccc(F)cc1Cl. The fraction of sp³-hybridized carbons (Fsp3) is 0.344. The summed E-state index contributed by atoms with van der Waals surface area (Å²) in [7, 11) is 1.30. The second-order valence-corrected chi connectivity index (χ2v) is 12.8. The van der Waals surface area contributed by atoms with E-state index in [-0.39, 0.29) is 34.9 Å². The number of fused-ring (bicyclic) bond motifs is 1. The Morgan fingerprint density at radius 1 is 1.20 bits per heavy atom. The van der Waals surface area contributed by atoms with Crippen LogP contribution in [0.5, 0.6) is 0 Å². The summed E-state index contributed by atoms with van der Waals surface area (Å²) in [6.45, 7) is 3.98. The molecule has 11 nitrogen and oxygen atoms in total. The first-order chi connectivity index (χ1) is 22.1. The number of amidine groups is 1. The van der Waals surface area contributed by atoms with Crippen molar-refractivity contribution in [2.75, 3.05) is 44.7 Å². The van der Waals surface area contributed by atoms with E-state index >= 15 is 0 Å². The highest BCUT2D eigenvalue weighted by atomic mass is 35.5. The van der Waals surface area contributed by atoms with Crippen molar-refractivity contribution in [2.45, 2.75) is 31.5 Å². The van der Waals surface area contributed by atoms with Crippen molar-refractivity contribution in [2.24, 2.45) is 10.7 Å². The fourth-order valence-electron chi connectivity index (χ4n) is 6.15. The van der Waals surface area contributed by atoms with Gasteiger partial charge in [-0.15, -0.1) is 11.3 Å². The van der Waals surface area contributed by atoms with Crippen LogP contribution in [0.1, 0.15) is 41.6 Å². The monoisotopic (exact) mass is 665 g/mol. The Hall–Kier alpha value is -4.17. The number of ketones is 1. The van der Waals surface area contributed by atoms with Crippen LogP contribution >= 0.6 is 22.9 Å². The second-order valence-electron chi connectivity index (χ2n) is 11.5. The predicted molar refractivity (Wildman–Crippen MR) is 173 cm³/mol. The first kappa shape index (κ1) is 31.8. The number of ether oxygens (including phenoxy) is 1. The maximum atomic E-state index is 14.0. The third-order valence-electron chi connectivity index (χ3n) is 8.38. The van der Waals surface area contributed by atoms with Gasteiger partial charge in [0.2, 0.25) is 0 Å². The first-order valence-corrected chi connectivity index (χ1v) is 16.0. The van der Waals surface area contributed by atoms with Crippen LogP contribution in [0.15, 0.2) is 70.3 Å². The Morgan fingerprint density at radius 3 is 2.65 bits per heavy atom. The molecule has 4 heterocycles. The predicted octanol–water partition coefficient (Wildman–Crippen LogP) is 4.06. The van der Waals surface area contributed by atoms with Crippen LogP contribution < -0.4 is 16.0 Å². The van der Waals surface area contributed by atoms with Crippen LogP contribution in [-0.2, 0) is 14.3 Å². The molecule has 1 aromatic heterocycles. The normalized spacial score (nSPS) is 20.7. The average molecular weight is 666 g/mol. The minimum absolute atomic E-state index is 0.0205. The lowest BCUT2D eigenvalue weighted by atomic mass is 9.95. The van der Waals surface area contributed by atoms with E-state index in [1.165, 1.54) is 43.6 Å². The number of carbonyl (C=O) groups is 3. The number of piperazine rings is 1. The zero-order chi connectivity index (χ0) is 32.5. The van der Waals surface area contributed by atoms with Crippen molar-refractivity contribution in [3.8, 4) is 0 Å². The number of esters is 1. The van der Waals surface area contributed by atoms with Crippen molar-refractivity contribution in [3.63, 3.8) is 0 Å². The van der Waals surface area contributed by atoms with E-state index < -0.39 is 23.9 Å². The Bertz CT molecular complexity index is 1720. The number of urea groups is 1. The topological polar surface area (TPSA) is 133 Å². The molecule has 0 saturated carbocycles. The number of hydrogen-bond acceptors (Lipinski definition) is 10. The van der Waals surface area contributed by atoms with Gasteiger partial charge in [0.05, 0.1) is 18.7 Å². The van der Waals surface area contributed by atoms with E-state index in [0.717, 1.165) is 11.3 Å². The molecule has 3 N–H and O–H groups in total. The molecule has 2 fully saturated rings. The number of nitrogens with two attached hydrogens (primary N) is 1. The molecule has 1 unspecified atom stereocenters. The molecule has 2 aromatic carbocycles. The number of Topliss-reactive ketones (excluding diaryl/α,β-unsaturated/α-hetero) is 1. The van der Waals surface area contributed by atoms with Crippen LogP contribution in [0.4, 0.5) is 14.9 Å². The van der Waals surface area contributed by atoms with Gasteiger partial charge < -0.3 is 20.7 Å². The van der Waals surface area contributed by atoms with Crippen molar-refractivity contribution >= 4 is 52.2 Å². The smallest absolute Gasteiger partial charge is 0.338 e. The van der Waals surface area contributed by atoms with Crippen molar-refractivity contribution in [3.05, 3.63) is 92.3 Å². The molecule has 0 spiro atoms. The zero-order valence-corrected chi connectivity index (χ0v) is 26.9. The molecule has 2 amide bonds. The van der Waals surface area contributed by atoms with Gasteiger partial charge in [0.25, 0.3) is 0 Å². The molecule has 0 aliphatic carbocycles. The maximum absolute atomic E-state index is 14.0. The summed E-state index contributed by atoms with van der Waals surface area (Å²) in [6.07, 6.45) is 1.92. The number of nitrogens with zero attached hydrogens (tertiary/aromatic N) is 5. The van der Waals surface area contributed by atoms with E-state index in [1.807, 2.05) is 34.5 Å². The lowest BCUT2D eigenvalue weighted by Gasteiger charge is -2.38. The van der Waals surface area contributed by atoms with Gasteiger partial charge in [-0.1, -0.05) is 29.8 Å². The number of benzene rings is 2. The summed E-state index contributed by atoms with van der Waals surface area (Å²) in [5.41, 5.74) is 9.07. The van der Waals surface area contributed by atoms with E-state index in [1.54, 1.807) is 11.1 Å². The third kappa shape index (κ3) is 6.41. The lowest BCUT2D eigenvalue weighted by Crippen LogP contribution is -2.53. The summed E-state index contributed by atoms with van der Waals surface area (Å²) in [5, 5.41) is 5.92. The maximum Gasteiger partial charge on any atom is 0.338 e. The molecule has 240 valence electrons. The number of hydrogen-bond donors (Lipinski definition) is 2. The highest BCUT2D eigenvalue weighted by Crippen LogP contribution is 2.37. The Kier molecular flexibility index (Phi) is 9.18. The number of rotatable bonds is 9. The van der Waals surface area contributed by atoms with Gasteiger partial charge in [0.1, 0.15) is 17.6 Å². The van der Waals surface area contributed by atoms with Gasteiger partial charge in [-0.05, 0) is 36.8 Å². The van der Waals surface area contributed by atoms with E-state index in [2.05, 4.69) is 15.2 Å². The molecular weight excluding hydrogens is 633 g/mol. The molecule has 3 aliphatic heterocycles. The van der Waals surface area contributed by atoms with Gasteiger partial charge in [0, 0.05) is 78.7 Å². The molecule has 6 rings (SSSR count). The number of amides is 2. The molecule has 3 atom stereocenters. The summed E-state index contributed by atoms with van der Waals surface area (Å²) >= 11 is 7.87. The Labute approximate surface area is 274 Å². The molecule has 2 saturated heterocycles. The molecule has 0 radical (unpaired) electrons. The highest BCUT2D eigenvalue weighted by molar-refractivity contribution is 7.11. The van der Waals surface area contributed by atoms with E-state index in [9.17, 15) is 18.8 Å². The van der Waals surface area contributed by atoms with Crippen LogP contribution in [0.3, 0.4) is 0 Å². The minimum atomic E-state index is -0.855. The lowest BCUT2D eigenvalue weighted by molar-refractivity contribution is -0.136. The molecule has 3 aliphatic rings. The molecule has 46 heavy (non-hydrogen) atoms. The molecular formula is C32H33ClFN7O4S. The van der Waals surface area contributed by atoms with Crippen molar-refractivity contribution in [1.82, 2.24) is 20.1 Å². The van der Waals surface area contributed by atoms with Crippen LogP contribution in [0.25, 0.3) is 0 Å². The second kappa shape index (κ2) is 13.3. The third-order valence-corrected chi connectivity index (χ3v) is 9.49. The van der Waals surface area contributed by atoms with Gasteiger partial charge in [0.15, 0.2) is 10.8 Å².